The van der Waals surface area contributed by atoms with E-state index in [1.54, 1.807) is 31.3 Å². The fraction of sp³-hybridized carbons (Fsp3) is 0.350. The SMILES string of the molecule is COc1ccc(C2CCN(Sc3ccc(C(=O)NCC(=O)O)nc3)CC2)cc1. The number of rotatable bonds is 7. The van der Waals surface area contributed by atoms with Crippen LogP contribution >= 0.6 is 11.9 Å². The smallest absolute Gasteiger partial charge is 0.322 e. The highest BCUT2D eigenvalue weighted by molar-refractivity contribution is 7.97. The molecule has 1 aromatic carbocycles. The first-order chi connectivity index (χ1) is 13.5. The van der Waals surface area contributed by atoms with E-state index in [1.165, 1.54) is 5.56 Å². The Kier molecular flexibility index (Phi) is 6.89. The molecule has 1 saturated heterocycles. The second-order valence-corrected chi connectivity index (χ2v) is 7.69. The van der Waals surface area contributed by atoms with Crippen LogP contribution in [0.4, 0.5) is 0 Å². The number of methoxy groups -OCH3 is 1. The topological polar surface area (TPSA) is 91.8 Å². The van der Waals surface area contributed by atoms with Crippen LogP contribution in [0.2, 0.25) is 0 Å². The lowest BCUT2D eigenvalue weighted by molar-refractivity contribution is -0.135. The molecule has 1 aliphatic rings. The summed E-state index contributed by atoms with van der Waals surface area (Å²) < 4.78 is 7.53. The van der Waals surface area contributed by atoms with Crippen molar-refractivity contribution >= 4 is 23.8 Å². The number of amides is 1. The fourth-order valence-corrected chi connectivity index (χ4v) is 4.04. The molecule has 2 heterocycles. The van der Waals surface area contributed by atoms with E-state index in [2.05, 4.69) is 26.7 Å². The molecule has 3 rings (SSSR count). The van der Waals surface area contributed by atoms with Gasteiger partial charge in [-0.1, -0.05) is 12.1 Å². The van der Waals surface area contributed by atoms with Crippen LogP contribution < -0.4 is 10.1 Å². The molecule has 148 valence electrons. The van der Waals surface area contributed by atoms with Gasteiger partial charge in [0.1, 0.15) is 18.0 Å². The van der Waals surface area contributed by atoms with E-state index in [1.807, 2.05) is 18.2 Å². The zero-order valence-electron chi connectivity index (χ0n) is 15.6. The standard InChI is InChI=1S/C20H23N3O4S/c1-27-16-4-2-14(3-5-16)15-8-10-23(11-9-15)28-17-6-7-18(21-12-17)20(26)22-13-19(24)25/h2-7,12,15H,8-11,13H2,1H3,(H,22,26)(H,24,25). The van der Waals surface area contributed by atoms with Gasteiger partial charge in [-0.15, -0.1) is 0 Å². The Balaban J connectivity index is 1.49. The maximum Gasteiger partial charge on any atom is 0.322 e. The largest absolute Gasteiger partial charge is 0.497 e. The second kappa shape index (κ2) is 9.57. The Morgan fingerprint density at radius 1 is 1.21 bits per heavy atom. The van der Waals surface area contributed by atoms with Crippen molar-refractivity contribution in [1.29, 1.82) is 0 Å². The predicted molar refractivity (Wildman–Crippen MR) is 107 cm³/mol. The van der Waals surface area contributed by atoms with Gasteiger partial charge in [-0.05, 0) is 60.5 Å². The van der Waals surface area contributed by atoms with Crippen LogP contribution in [0.25, 0.3) is 0 Å². The number of nitrogens with zero attached hydrogens (tertiary/aromatic N) is 2. The zero-order valence-corrected chi connectivity index (χ0v) is 16.4. The molecule has 0 atom stereocenters. The number of carbonyl (C=O) groups excluding carboxylic acids is 1. The third-order valence-corrected chi connectivity index (χ3v) is 5.72. The minimum absolute atomic E-state index is 0.212. The lowest BCUT2D eigenvalue weighted by Crippen LogP contribution is -2.29. The van der Waals surface area contributed by atoms with Crippen molar-refractivity contribution in [3.05, 3.63) is 53.9 Å². The number of ether oxygens (including phenoxy) is 1. The van der Waals surface area contributed by atoms with Gasteiger partial charge in [-0.2, -0.15) is 0 Å². The van der Waals surface area contributed by atoms with E-state index in [4.69, 9.17) is 9.84 Å². The lowest BCUT2D eigenvalue weighted by Gasteiger charge is -2.31. The first-order valence-electron chi connectivity index (χ1n) is 9.08. The van der Waals surface area contributed by atoms with Gasteiger partial charge in [0.05, 0.1) is 7.11 Å². The first kappa shape index (κ1) is 20.2. The molecular weight excluding hydrogens is 378 g/mol. The van der Waals surface area contributed by atoms with Crippen molar-refractivity contribution in [2.45, 2.75) is 23.7 Å². The van der Waals surface area contributed by atoms with Gasteiger partial charge < -0.3 is 15.2 Å². The van der Waals surface area contributed by atoms with E-state index in [-0.39, 0.29) is 5.69 Å². The second-order valence-electron chi connectivity index (χ2n) is 6.52. The van der Waals surface area contributed by atoms with Gasteiger partial charge in [0.2, 0.25) is 0 Å². The Hall–Kier alpha value is -2.58. The van der Waals surface area contributed by atoms with Crippen LogP contribution in [0.5, 0.6) is 5.75 Å². The van der Waals surface area contributed by atoms with Crippen molar-refractivity contribution in [3.63, 3.8) is 0 Å². The number of carboxylic acid groups (broad SMARTS) is 1. The van der Waals surface area contributed by atoms with E-state index in [9.17, 15) is 9.59 Å². The molecule has 1 aliphatic heterocycles. The average Bonchev–Trinajstić information content (AvgIpc) is 2.73. The number of piperidine rings is 1. The number of benzene rings is 1. The van der Waals surface area contributed by atoms with Crippen LogP contribution in [0.1, 0.15) is 34.8 Å². The molecule has 1 amide bonds. The van der Waals surface area contributed by atoms with E-state index < -0.39 is 18.4 Å². The summed E-state index contributed by atoms with van der Waals surface area (Å²) in [5.41, 5.74) is 1.56. The van der Waals surface area contributed by atoms with Crippen LogP contribution in [0, 0.1) is 0 Å². The van der Waals surface area contributed by atoms with Crippen LogP contribution in [0.15, 0.2) is 47.5 Å². The van der Waals surface area contributed by atoms with E-state index >= 15 is 0 Å². The van der Waals surface area contributed by atoms with Crippen molar-refractivity contribution in [2.24, 2.45) is 0 Å². The summed E-state index contributed by atoms with van der Waals surface area (Å²) in [4.78, 5) is 27.4. The Bertz CT molecular complexity index is 803. The minimum Gasteiger partial charge on any atom is -0.497 e. The van der Waals surface area contributed by atoms with Gasteiger partial charge >= 0.3 is 5.97 Å². The van der Waals surface area contributed by atoms with Crippen molar-refractivity contribution < 1.29 is 19.4 Å². The first-order valence-corrected chi connectivity index (χ1v) is 9.85. The number of hydrogen-bond donors (Lipinski definition) is 2. The van der Waals surface area contributed by atoms with Gasteiger partial charge in [-0.25, -0.2) is 9.29 Å². The monoisotopic (exact) mass is 401 g/mol. The lowest BCUT2D eigenvalue weighted by atomic mass is 9.90. The summed E-state index contributed by atoms with van der Waals surface area (Å²) in [7, 11) is 1.68. The molecule has 28 heavy (non-hydrogen) atoms. The van der Waals surface area contributed by atoms with E-state index in [0.29, 0.717) is 5.92 Å². The molecule has 1 aromatic heterocycles. The van der Waals surface area contributed by atoms with Crippen molar-refractivity contribution in [2.75, 3.05) is 26.7 Å². The summed E-state index contributed by atoms with van der Waals surface area (Å²) >= 11 is 1.63. The predicted octanol–water partition coefficient (Wildman–Crippen LogP) is 2.79. The molecule has 2 N–H and O–H groups in total. The molecule has 7 nitrogen and oxygen atoms in total. The highest BCUT2D eigenvalue weighted by Gasteiger charge is 2.21. The maximum absolute atomic E-state index is 11.8. The number of pyridine rings is 1. The summed E-state index contributed by atoms with van der Waals surface area (Å²) in [6.45, 7) is 1.53. The number of aromatic nitrogens is 1. The number of aliphatic carboxylic acids is 1. The van der Waals surface area contributed by atoms with Gasteiger partial charge in [0.15, 0.2) is 0 Å². The molecule has 0 unspecified atom stereocenters. The number of hydrogen-bond acceptors (Lipinski definition) is 6. The third-order valence-electron chi connectivity index (χ3n) is 4.64. The van der Waals surface area contributed by atoms with Crippen molar-refractivity contribution in [1.82, 2.24) is 14.6 Å². The highest BCUT2D eigenvalue weighted by atomic mass is 32.2. The molecule has 0 spiro atoms. The van der Waals surface area contributed by atoms with Gasteiger partial charge in [0.25, 0.3) is 5.91 Å². The zero-order chi connectivity index (χ0) is 19.9. The summed E-state index contributed by atoms with van der Waals surface area (Å²) in [6, 6.07) is 11.8. The summed E-state index contributed by atoms with van der Waals surface area (Å²) in [5.74, 6) is -0.136. The van der Waals surface area contributed by atoms with Crippen molar-refractivity contribution in [3.8, 4) is 5.75 Å². The Morgan fingerprint density at radius 2 is 1.93 bits per heavy atom. The maximum atomic E-state index is 11.8. The number of nitrogens with one attached hydrogen (secondary N) is 1. The molecule has 0 radical (unpaired) electrons. The normalized spacial score (nSPS) is 15.2. The molecule has 0 saturated carbocycles. The quantitative estimate of drug-likeness (QED) is 0.689. The molecule has 2 aromatic rings. The van der Waals surface area contributed by atoms with Crippen LogP contribution in [-0.2, 0) is 4.79 Å². The number of carboxylic acids is 1. The van der Waals surface area contributed by atoms with E-state index in [0.717, 1.165) is 36.6 Å². The summed E-state index contributed by atoms with van der Waals surface area (Å²) in [5, 5.41) is 10.9. The molecule has 0 bridgehead atoms. The molecule has 1 fully saturated rings. The average molecular weight is 401 g/mol. The fourth-order valence-electron chi connectivity index (χ4n) is 3.12. The van der Waals surface area contributed by atoms with Gasteiger partial charge in [-0.3, -0.25) is 9.59 Å². The van der Waals surface area contributed by atoms with Gasteiger partial charge in [0, 0.05) is 24.2 Å². The van der Waals surface area contributed by atoms with Crippen LogP contribution in [-0.4, -0.2) is 53.0 Å². The molecular formula is C20H23N3O4S. The highest BCUT2D eigenvalue weighted by Crippen LogP contribution is 2.33. The third kappa shape index (κ3) is 5.46. The molecule has 0 aliphatic carbocycles. The molecule has 8 heteroatoms. The number of carbonyl (C=O) groups is 2. The Labute approximate surface area is 168 Å². The van der Waals surface area contributed by atoms with Crippen LogP contribution in [0.3, 0.4) is 0 Å². The summed E-state index contributed by atoms with van der Waals surface area (Å²) in [6.07, 6.45) is 3.82. The Morgan fingerprint density at radius 3 is 2.50 bits per heavy atom. The minimum atomic E-state index is -1.08.